The Labute approximate surface area is 163 Å². The standard InChI is InChI=1S/C24H20FNO2/c1-24(2)11-17-20(18(27)12-24)19(13-7-9-14(25)10-8-13)21-22(26-17)15-5-3-4-6-16(15)23(21)28/h3-10,19,21H,11-12H2,1-2H3/t19-,21+/m1/s1. The van der Waals surface area contributed by atoms with Gasteiger partial charge in [-0.2, -0.15) is 0 Å². The first-order valence-electron chi connectivity index (χ1n) is 9.60. The van der Waals surface area contributed by atoms with Crippen molar-refractivity contribution in [3.05, 3.63) is 82.3 Å². The van der Waals surface area contributed by atoms with Gasteiger partial charge < -0.3 is 0 Å². The molecule has 2 atom stereocenters. The van der Waals surface area contributed by atoms with E-state index in [9.17, 15) is 14.0 Å². The Bertz CT molecular complexity index is 1090. The lowest BCUT2D eigenvalue weighted by molar-refractivity contribution is -0.118. The minimum absolute atomic E-state index is 0.00661. The van der Waals surface area contributed by atoms with E-state index in [1.165, 1.54) is 12.1 Å². The van der Waals surface area contributed by atoms with Crippen LogP contribution in [0.2, 0.25) is 0 Å². The number of hydrogen-bond acceptors (Lipinski definition) is 3. The second kappa shape index (κ2) is 5.81. The van der Waals surface area contributed by atoms with Crippen LogP contribution in [0.25, 0.3) is 0 Å². The van der Waals surface area contributed by atoms with E-state index in [0.717, 1.165) is 22.5 Å². The summed E-state index contributed by atoms with van der Waals surface area (Å²) in [5.41, 5.74) is 4.31. The molecule has 0 saturated carbocycles. The van der Waals surface area contributed by atoms with Crippen molar-refractivity contribution < 1.29 is 14.0 Å². The Morgan fingerprint density at radius 2 is 1.61 bits per heavy atom. The van der Waals surface area contributed by atoms with Crippen LogP contribution in [0.5, 0.6) is 0 Å². The summed E-state index contributed by atoms with van der Waals surface area (Å²) in [4.78, 5) is 31.3. The number of Topliss-reactive ketones (excluding diaryl/α,β-unsaturated/α-hetero) is 2. The van der Waals surface area contributed by atoms with Crippen molar-refractivity contribution in [2.75, 3.05) is 0 Å². The van der Waals surface area contributed by atoms with Crippen LogP contribution in [0.1, 0.15) is 54.1 Å². The zero-order valence-corrected chi connectivity index (χ0v) is 15.8. The number of aliphatic imine (C=N–C) groups is 1. The Hall–Kier alpha value is -2.88. The Balaban J connectivity index is 1.76. The van der Waals surface area contributed by atoms with Gasteiger partial charge in [0, 0.05) is 34.7 Å². The van der Waals surface area contributed by atoms with Crippen LogP contribution in [-0.2, 0) is 4.79 Å². The van der Waals surface area contributed by atoms with Crippen LogP contribution in [0, 0.1) is 17.2 Å². The van der Waals surface area contributed by atoms with Crippen LogP contribution in [0.4, 0.5) is 4.39 Å². The van der Waals surface area contributed by atoms with Gasteiger partial charge in [0.05, 0.1) is 11.6 Å². The molecule has 28 heavy (non-hydrogen) atoms. The van der Waals surface area contributed by atoms with Gasteiger partial charge in [-0.3, -0.25) is 14.6 Å². The third-order valence-corrected chi connectivity index (χ3v) is 6.07. The highest BCUT2D eigenvalue weighted by Crippen LogP contribution is 2.51. The van der Waals surface area contributed by atoms with Gasteiger partial charge in [-0.05, 0) is 29.5 Å². The fourth-order valence-corrected chi connectivity index (χ4v) is 4.92. The molecule has 0 bridgehead atoms. The summed E-state index contributed by atoms with van der Waals surface area (Å²) in [6.07, 6.45) is 1.13. The van der Waals surface area contributed by atoms with E-state index in [1.807, 2.05) is 24.3 Å². The van der Waals surface area contributed by atoms with E-state index >= 15 is 0 Å². The largest absolute Gasteiger partial charge is 0.294 e. The van der Waals surface area contributed by atoms with Crippen LogP contribution in [-0.4, -0.2) is 17.3 Å². The Morgan fingerprint density at radius 3 is 2.32 bits per heavy atom. The van der Waals surface area contributed by atoms with Gasteiger partial charge >= 0.3 is 0 Å². The van der Waals surface area contributed by atoms with Gasteiger partial charge in [-0.1, -0.05) is 50.2 Å². The SMILES string of the molecule is CC1(C)CC(=O)C2=C(C1)N=C1c3ccccc3C(=O)[C@H]1[C@@H]2c1ccc(F)cc1. The van der Waals surface area contributed by atoms with Crippen molar-refractivity contribution in [1.29, 1.82) is 0 Å². The summed E-state index contributed by atoms with van der Waals surface area (Å²) >= 11 is 0. The van der Waals surface area contributed by atoms with Crippen molar-refractivity contribution in [2.24, 2.45) is 16.3 Å². The first-order chi connectivity index (χ1) is 13.4. The second-order valence-electron chi connectivity index (χ2n) is 8.72. The third-order valence-electron chi connectivity index (χ3n) is 6.07. The number of rotatable bonds is 1. The van der Waals surface area contributed by atoms with Crippen LogP contribution >= 0.6 is 0 Å². The number of nitrogens with zero attached hydrogens (tertiary/aromatic N) is 1. The summed E-state index contributed by atoms with van der Waals surface area (Å²) in [6, 6.07) is 13.7. The number of carbonyl (C=O) groups is 2. The highest BCUT2D eigenvalue weighted by atomic mass is 19.1. The summed E-state index contributed by atoms with van der Waals surface area (Å²) in [5, 5.41) is 0. The monoisotopic (exact) mass is 373 g/mol. The third kappa shape index (κ3) is 2.44. The van der Waals surface area contributed by atoms with E-state index < -0.39 is 11.8 Å². The maximum atomic E-state index is 13.6. The fourth-order valence-electron chi connectivity index (χ4n) is 4.92. The predicted molar refractivity (Wildman–Crippen MR) is 105 cm³/mol. The molecule has 2 aromatic rings. The van der Waals surface area contributed by atoms with Crippen LogP contribution in [0.3, 0.4) is 0 Å². The number of allylic oxidation sites excluding steroid dienone is 2. The van der Waals surface area contributed by atoms with Crippen molar-refractivity contribution >= 4 is 17.3 Å². The van der Waals surface area contributed by atoms with E-state index in [4.69, 9.17) is 4.99 Å². The van der Waals surface area contributed by atoms with Crippen molar-refractivity contribution in [1.82, 2.24) is 0 Å². The fraction of sp³-hybridized carbons (Fsp3) is 0.292. The zero-order chi connectivity index (χ0) is 19.6. The molecule has 1 aliphatic heterocycles. The number of ketones is 2. The van der Waals surface area contributed by atoms with E-state index in [1.54, 1.807) is 12.1 Å². The molecular weight excluding hydrogens is 353 g/mol. The number of carbonyl (C=O) groups excluding carboxylic acids is 2. The molecule has 0 radical (unpaired) electrons. The predicted octanol–water partition coefficient (Wildman–Crippen LogP) is 4.87. The smallest absolute Gasteiger partial charge is 0.173 e. The summed E-state index contributed by atoms with van der Waals surface area (Å²) < 4.78 is 13.6. The average Bonchev–Trinajstić information content (AvgIpc) is 2.93. The minimum Gasteiger partial charge on any atom is -0.294 e. The molecule has 2 aliphatic carbocycles. The molecule has 1 heterocycles. The highest BCUT2D eigenvalue weighted by molar-refractivity contribution is 6.30. The average molecular weight is 373 g/mol. The molecule has 0 fully saturated rings. The van der Waals surface area contributed by atoms with Crippen LogP contribution in [0.15, 0.2) is 64.8 Å². The quantitative estimate of drug-likeness (QED) is 0.716. The molecule has 3 nitrogen and oxygen atoms in total. The Kier molecular flexibility index (Phi) is 3.57. The minimum atomic E-state index is -0.522. The molecular formula is C24H20FNO2. The van der Waals surface area contributed by atoms with Crippen molar-refractivity contribution in [3.63, 3.8) is 0 Å². The molecule has 5 rings (SSSR count). The number of halogens is 1. The molecule has 4 heteroatoms. The summed E-state index contributed by atoms with van der Waals surface area (Å²) in [5.74, 6) is -1.22. The molecule has 0 amide bonds. The topological polar surface area (TPSA) is 46.5 Å². The van der Waals surface area contributed by atoms with Gasteiger partial charge in [-0.25, -0.2) is 4.39 Å². The molecule has 3 aliphatic rings. The second-order valence-corrected chi connectivity index (χ2v) is 8.72. The van der Waals surface area contributed by atoms with Gasteiger partial charge in [0.2, 0.25) is 0 Å². The number of fused-ring (bicyclic) bond motifs is 3. The van der Waals surface area contributed by atoms with E-state index in [-0.39, 0.29) is 22.8 Å². The lowest BCUT2D eigenvalue weighted by atomic mass is 9.66. The normalized spacial score (nSPS) is 25.2. The maximum Gasteiger partial charge on any atom is 0.173 e. The molecule has 140 valence electrons. The molecule has 0 spiro atoms. The lowest BCUT2D eigenvalue weighted by Gasteiger charge is -2.38. The van der Waals surface area contributed by atoms with Gasteiger partial charge in [-0.15, -0.1) is 0 Å². The van der Waals surface area contributed by atoms with E-state index in [0.29, 0.717) is 24.0 Å². The zero-order valence-electron chi connectivity index (χ0n) is 15.8. The summed E-state index contributed by atoms with van der Waals surface area (Å²) in [6.45, 7) is 4.14. The van der Waals surface area contributed by atoms with Crippen molar-refractivity contribution in [2.45, 2.75) is 32.6 Å². The van der Waals surface area contributed by atoms with Gasteiger partial charge in [0.25, 0.3) is 0 Å². The maximum absolute atomic E-state index is 13.6. The number of benzene rings is 2. The van der Waals surface area contributed by atoms with Gasteiger partial charge in [0.1, 0.15) is 5.82 Å². The first kappa shape index (κ1) is 17.2. The van der Waals surface area contributed by atoms with E-state index in [2.05, 4.69) is 13.8 Å². The number of hydrogen-bond donors (Lipinski definition) is 0. The molecule has 0 aromatic heterocycles. The molecule has 0 unspecified atom stereocenters. The molecule has 0 saturated heterocycles. The van der Waals surface area contributed by atoms with Crippen molar-refractivity contribution in [3.8, 4) is 0 Å². The lowest BCUT2D eigenvalue weighted by Crippen LogP contribution is -2.37. The Morgan fingerprint density at radius 1 is 0.929 bits per heavy atom. The summed E-state index contributed by atoms with van der Waals surface area (Å²) in [7, 11) is 0. The van der Waals surface area contributed by atoms with Gasteiger partial charge in [0.15, 0.2) is 11.6 Å². The first-order valence-corrected chi connectivity index (χ1v) is 9.60. The highest BCUT2D eigenvalue weighted by Gasteiger charge is 2.50. The molecule has 2 aromatic carbocycles. The molecule has 0 N–H and O–H groups in total. The van der Waals surface area contributed by atoms with Crippen LogP contribution < -0.4 is 0 Å².